The van der Waals surface area contributed by atoms with Crippen molar-refractivity contribution >= 4 is 10.9 Å². The van der Waals surface area contributed by atoms with Gasteiger partial charge in [0.25, 0.3) is 0 Å². The molecule has 0 atom stereocenters. The van der Waals surface area contributed by atoms with Crippen LogP contribution in [-0.2, 0) is 6.54 Å². The Bertz CT molecular complexity index is 570. The Kier molecular flexibility index (Phi) is 2.32. The van der Waals surface area contributed by atoms with Crippen LogP contribution in [0.2, 0.25) is 0 Å². The maximum absolute atomic E-state index is 11.4. The van der Waals surface area contributed by atoms with E-state index in [2.05, 4.69) is 17.1 Å². The Labute approximate surface area is 87.9 Å². The summed E-state index contributed by atoms with van der Waals surface area (Å²) in [5.41, 5.74) is 9.61. The van der Waals surface area contributed by atoms with E-state index < -0.39 is 0 Å². The molecule has 0 aliphatic carbocycles. The Morgan fingerprint density at radius 3 is 2.67 bits per heavy atom. The lowest BCUT2D eigenvalue weighted by Crippen LogP contribution is -2.10. The van der Waals surface area contributed by atoms with Crippen LogP contribution >= 0.6 is 0 Å². The summed E-state index contributed by atoms with van der Waals surface area (Å²) >= 11 is 0. The molecular formula is C12H14N2O. The summed E-state index contributed by atoms with van der Waals surface area (Å²) in [5.74, 6) is 0. The van der Waals surface area contributed by atoms with Crippen LogP contribution in [0.15, 0.2) is 23.0 Å². The predicted octanol–water partition coefficient (Wildman–Crippen LogP) is 1.60. The summed E-state index contributed by atoms with van der Waals surface area (Å²) in [4.78, 5) is 14.2. The molecule has 0 amide bonds. The van der Waals surface area contributed by atoms with Crippen molar-refractivity contribution in [1.82, 2.24) is 4.98 Å². The molecule has 3 nitrogen and oxygen atoms in total. The molecule has 2 aromatic rings. The van der Waals surface area contributed by atoms with Crippen LogP contribution in [0.5, 0.6) is 0 Å². The van der Waals surface area contributed by atoms with E-state index in [1.54, 1.807) is 6.07 Å². The van der Waals surface area contributed by atoms with Gasteiger partial charge in [0.05, 0.1) is 5.52 Å². The van der Waals surface area contributed by atoms with Gasteiger partial charge in [-0.3, -0.25) is 4.79 Å². The fourth-order valence-corrected chi connectivity index (χ4v) is 1.95. The molecule has 0 fully saturated rings. The molecule has 2 rings (SSSR count). The molecule has 0 saturated heterocycles. The van der Waals surface area contributed by atoms with Crippen molar-refractivity contribution in [3.63, 3.8) is 0 Å². The summed E-state index contributed by atoms with van der Waals surface area (Å²) in [5, 5.41) is 1.05. The number of rotatable bonds is 1. The van der Waals surface area contributed by atoms with Crippen LogP contribution in [0, 0.1) is 13.8 Å². The van der Waals surface area contributed by atoms with E-state index in [9.17, 15) is 4.79 Å². The number of hydrogen-bond acceptors (Lipinski definition) is 2. The second-order valence-corrected chi connectivity index (χ2v) is 3.87. The summed E-state index contributed by atoms with van der Waals surface area (Å²) in [6, 6.07) is 5.68. The molecule has 15 heavy (non-hydrogen) atoms. The van der Waals surface area contributed by atoms with Gasteiger partial charge in [0.15, 0.2) is 0 Å². The molecular weight excluding hydrogens is 188 g/mol. The van der Waals surface area contributed by atoms with Crippen molar-refractivity contribution in [2.45, 2.75) is 20.4 Å². The molecule has 3 N–H and O–H groups in total. The molecule has 1 heterocycles. The molecule has 1 aromatic carbocycles. The van der Waals surface area contributed by atoms with Gasteiger partial charge in [0, 0.05) is 18.0 Å². The largest absolute Gasteiger partial charge is 0.326 e. The van der Waals surface area contributed by atoms with Crippen LogP contribution in [0.25, 0.3) is 10.9 Å². The minimum atomic E-state index is -0.0881. The standard InChI is InChI=1S/C12H14N2O/c1-7-3-8(2)12-10(4-7)9(6-13)5-11(15)14-12/h3-5H,6,13H2,1-2H3,(H,14,15). The molecule has 0 aliphatic heterocycles. The van der Waals surface area contributed by atoms with E-state index in [-0.39, 0.29) is 5.56 Å². The topological polar surface area (TPSA) is 58.9 Å². The Morgan fingerprint density at radius 1 is 1.27 bits per heavy atom. The Hall–Kier alpha value is -1.61. The average Bonchev–Trinajstić information content (AvgIpc) is 2.18. The van der Waals surface area contributed by atoms with Gasteiger partial charge in [0.1, 0.15) is 0 Å². The van der Waals surface area contributed by atoms with Crippen molar-refractivity contribution < 1.29 is 0 Å². The molecule has 1 aromatic heterocycles. The van der Waals surface area contributed by atoms with Gasteiger partial charge in [-0.05, 0) is 31.0 Å². The number of H-pyrrole nitrogens is 1. The average molecular weight is 202 g/mol. The predicted molar refractivity (Wildman–Crippen MR) is 61.9 cm³/mol. The summed E-state index contributed by atoms with van der Waals surface area (Å²) in [6.45, 7) is 4.42. The zero-order valence-electron chi connectivity index (χ0n) is 8.92. The first kappa shape index (κ1) is 9.93. The molecule has 0 unspecified atom stereocenters. The molecule has 0 bridgehead atoms. The summed E-state index contributed by atoms with van der Waals surface area (Å²) in [6.07, 6.45) is 0. The number of nitrogens with one attached hydrogen (secondary N) is 1. The van der Waals surface area contributed by atoms with Crippen molar-refractivity contribution in [2.24, 2.45) is 5.73 Å². The highest BCUT2D eigenvalue weighted by Gasteiger charge is 2.04. The highest BCUT2D eigenvalue weighted by atomic mass is 16.1. The smallest absolute Gasteiger partial charge is 0.248 e. The van der Waals surface area contributed by atoms with E-state index in [1.807, 2.05) is 13.8 Å². The quantitative estimate of drug-likeness (QED) is 0.738. The lowest BCUT2D eigenvalue weighted by molar-refractivity contribution is 1.07. The summed E-state index contributed by atoms with van der Waals surface area (Å²) < 4.78 is 0. The maximum Gasteiger partial charge on any atom is 0.248 e. The normalized spacial score (nSPS) is 10.9. The van der Waals surface area contributed by atoms with Gasteiger partial charge in [0.2, 0.25) is 5.56 Å². The van der Waals surface area contributed by atoms with Crippen LogP contribution in [-0.4, -0.2) is 4.98 Å². The first-order valence-corrected chi connectivity index (χ1v) is 4.95. The van der Waals surface area contributed by atoms with Gasteiger partial charge in [-0.1, -0.05) is 11.6 Å². The number of fused-ring (bicyclic) bond motifs is 1. The molecule has 78 valence electrons. The second-order valence-electron chi connectivity index (χ2n) is 3.87. The zero-order chi connectivity index (χ0) is 11.0. The van der Waals surface area contributed by atoms with Gasteiger partial charge in [-0.25, -0.2) is 0 Å². The van der Waals surface area contributed by atoms with E-state index in [0.29, 0.717) is 6.54 Å². The van der Waals surface area contributed by atoms with E-state index in [4.69, 9.17) is 5.73 Å². The van der Waals surface area contributed by atoms with Crippen molar-refractivity contribution in [3.8, 4) is 0 Å². The molecule has 0 aliphatic rings. The second kappa shape index (κ2) is 3.51. The van der Waals surface area contributed by atoms with Gasteiger partial charge < -0.3 is 10.7 Å². The maximum atomic E-state index is 11.4. The zero-order valence-corrected chi connectivity index (χ0v) is 8.92. The number of aromatic nitrogens is 1. The first-order valence-electron chi connectivity index (χ1n) is 4.95. The number of aromatic amines is 1. The van der Waals surface area contributed by atoms with Crippen LogP contribution in [0.3, 0.4) is 0 Å². The number of aryl methyl sites for hydroxylation is 2. The molecule has 3 heteroatoms. The monoisotopic (exact) mass is 202 g/mol. The van der Waals surface area contributed by atoms with Crippen molar-refractivity contribution in [2.75, 3.05) is 0 Å². The number of nitrogens with two attached hydrogens (primary N) is 1. The first-order chi connectivity index (χ1) is 7.11. The third-order valence-corrected chi connectivity index (χ3v) is 2.60. The Balaban J connectivity index is 2.96. The van der Waals surface area contributed by atoms with Crippen LogP contribution in [0.4, 0.5) is 0 Å². The fraction of sp³-hybridized carbons (Fsp3) is 0.250. The number of benzene rings is 1. The van der Waals surface area contributed by atoms with Crippen molar-refractivity contribution in [3.05, 3.63) is 45.2 Å². The van der Waals surface area contributed by atoms with Gasteiger partial charge in [-0.2, -0.15) is 0 Å². The van der Waals surface area contributed by atoms with Crippen LogP contribution in [0.1, 0.15) is 16.7 Å². The molecule has 0 spiro atoms. The van der Waals surface area contributed by atoms with Crippen molar-refractivity contribution in [1.29, 1.82) is 0 Å². The number of hydrogen-bond donors (Lipinski definition) is 2. The van der Waals surface area contributed by atoms with E-state index >= 15 is 0 Å². The highest BCUT2D eigenvalue weighted by molar-refractivity contribution is 5.85. The van der Waals surface area contributed by atoms with E-state index in [1.165, 1.54) is 5.56 Å². The molecule has 0 saturated carbocycles. The third kappa shape index (κ3) is 1.66. The highest BCUT2D eigenvalue weighted by Crippen LogP contribution is 2.20. The Morgan fingerprint density at radius 2 is 2.00 bits per heavy atom. The summed E-state index contributed by atoms with van der Waals surface area (Å²) in [7, 11) is 0. The SMILES string of the molecule is Cc1cc(C)c2[nH]c(=O)cc(CN)c2c1. The minimum Gasteiger partial charge on any atom is -0.326 e. The fourth-order valence-electron chi connectivity index (χ4n) is 1.95. The lowest BCUT2D eigenvalue weighted by atomic mass is 10.0. The van der Waals surface area contributed by atoms with Gasteiger partial charge >= 0.3 is 0 Å². The molecule has 0 radical (unpaired) electrons. The van der Waals surface area contributed by atoms with Gasteiger partial charge in [-0.15, -0.1) is 0 Å². The minimum absolute atomic E-state index is 0.0881. The van der Waals surface area contributed by atoms with E-state index in [0.717, 1.165) is 22.0 Å². The van der Waals surface area contributed by atoms with Crippen LogP contribution < -0.4 is 11.3 Å². The lowest BCUT2D eigenvalue weighted by Gasteiger charge is -2.07. The third-order valence-electron chi connectivity index (χ3n) is 2.60. The number of pyridine rings is 1.